The molecular formula is C59H40GeN4. The summed E-state index contributed by atoms with van der Waals surface area (Å²) in [5.41, 5.74) is 13.3. The molecule has 0 atom stereocenters. The minimum atomic E-state index is -3.86. The molecule has 10 aromatic rings. The number of hydrogen-bond acceptors (Lipinski definition) is 4. The predicted octanol–water partition coefficient (Wildman–Crippen LogP) is 11.5. The molecule has 5 heteroatoms. The molecule has 2 spiro atoms. The van der Waals surface area contributed by atoms with E-state index in [0.29, 0.717) is 5.82 Å². The van der Waals surface area contributed by atoms with Crippen LogP contribution in [0, 0.1) is 0 Å². The Morgan fingerprint density at radius 3 is 1.27 bits per heavy atom. The molecule has 0 saturated carbocycles. The Bertz CT molecular complexity index is 3220. The van der Waals surface area contributed by atoms with Gasteiger partial charge < -0.3 is 0 Å². The quantitative estimate of drug-likeness (QED) is 0.165. The van der Waals surface area contributed by atoms with Crippen molar-refractivity contribution in [1.29, 1.82) is 0 Å². The van der Waals surface area contributed by atoms with E-state index < -0.39 is 18.7 Å². The van der Waals surface area contributed by atoms with E-state index in [1.807, 2.05) is 6.07 Å². The monoisotopic (exact) mass is 878 g/mol. The van der Waals surface area contributed by atoms with Crippen molar-refractivity contribution in [3.05, 3.63) is 265 Å². The summed E-state index contributed by atoms with van der Waals surface area (Å²) in [7, 11) is 0. The first kappa shape index (κ1) is 36.8. The molecule has 4 heterocycles. The van der Waals surface area contributed by atoms with Gasteiger partial charge in [-0.3, -0.25) is 0 Å². The number of aromatic nitrogens is 2. The third-order valence-corrected chi connectivity index (χ3v) is 24.1. The van der Waals surface area contributed by atoms with Crippen LogP contribution in [0.1, 0.15) is 22.3 Å². The Balaban J connectivity index is 1.12. The van der Waals surface area contributed by atoms with E-state index in [4.69, 9.17) is 9.97 Å². The van der Waals surface area contributed by atoms with Crippen molar-refractivity contribution in [3.63, 3.8) is 0 Å². The van der Waals surface area contributed by atoms with Gasteiger partial charge in [0.15, 0.2) is 0 Å². The number of fused-ring (bicyclic) bond motifs is 14. The van der Waals surface area contributed by atoms with Crippen LogP contribution in [0.15, 0.2) is 243 Å². The first-order chi connectivity index (χ1) is 31.8. The third kappa shape index (κ3) is 5.06. The van der Waals surface area contributed by atoms with Gasteiger partial charge in [0.05, 0.1) is 0 Å². The summed E-state index contributed by atoms with van der Waals surface area (Å²) in [5.74, 6) is 1.51. The van der Waals surface area contributed by atoms with Crippen LogP contribution in [0.3, 0.4) is 0 Å². The molecule has 13 rings (SSSR count). The van der Waals surface area contributed by atoms with Crippen LogP contribution >= 0.6 is 0 Å². The number of benzene rings is 9. The van der Waals surface area contributed by atoms with Crippen LogP contribution in [0.5, 0.6) is 0 Å². The maximum atomic E-state index is 5.44. The zero-order valence-electron chi connectivity index (χ0n) is 34.9. The predicted molar refractivity (Wildman–Crippen MR) is 265 cm³/mol. The molecule has 0 radical (unpaired) electrons. The Kier molecular flexibility index (Phi) is 8.27. The summed E-state index contributed by atoms with van der Waals surface area (Å²) >= 11 is -3.86. The number of rotatable bonds is 4. The average Bonchev–Trinajstić information content (AvgIpc) is 3.38. The van der Waals surface area contributed by atoms with E-state index in [0.717, 1.165) is 34.0 Å². The third-order valence-electron chi connectivity index (χ3n) is 13.7. The molecule has 3 aliphatic rings. The van der Waals surface area contributed by atoms with Gasteiger partial charge in [-0.2, -0.15) is 0 Å². The second kappa shape index (κ2) is 14.4. The topological polar surface area (TPSA) is 32.3 Å². The standard InChI is InChI=1S/C59H40GeN4/c1-4-22-41(23-5-1)52-40-57(62-58(61-52)42-24-6-2-7-25-42)64-53-36-18-12-30-46(53)59(47-31-13-19-37-54(47)64)44-28-10-14-32-48(44)60(49-33-15-11-29-45(49)59)50-34-16-20-38-55(50)63(43-26-8-3-9-27-43)56-39-21-17-35-51(56)60/h1-40H. The van der Waals surface area contributed by atoms with Crippen LogP contribution in [0.2, 0.25) is 0 Å². The molecule has 0 bridgehead atoms. The van der Waals surface area contributed by atoms with Crippen LogP contribution in [-0.2, 0) is 5.41 Å². The van der Waals surface area contributed by atoms with Gasteiger partial charge in [0.2, 0.25) is 0 Å². The average molecular weight is 878 g/mol. The number of nitrogens with zero attached hydrogens (tertiary/aromatic N) is 4. The molecule has 300 valence electrons. The van der Waals surface area contributed by atoms with Gasteiger partial charge >= 0.3 is 366 Å². The molecule has 0 aliphatic carbocycles. The summed E-state index contributed by atoms with van der Waals surface area (Å²) in [4.78, 5) is 15.5. The summed E-state index contributed by atoms with van der Waals surface area (Å²) in [5, 5.41) is 0. The Hall–Kier alpha value is -7.80. The van der Waals surface area contributed by atoms with E-state index in [1.54, 1.807) is 0 Å². The van der Waals surface area contributed by atoms with Gasteiger partial charge in [0, 0.05) is 0 Å². The minimum absolute atomic E-state index is 0.647. The molecule has 0 fully saturated rings. The number of anilines is 6. The molecule has 64 heavy (non-hydrogen) atoms. The fraction of sp³-hybridized carbons (Fsp3) is 0.0169. The first-order valence-electron chi connectivity index (χ1n) is 22.0. The second-order valence-electron chi connectivity index (χ2n) is 16.8. The van der Waals surface area contributed by atoms with E-state index in [9.17, 15) is 0 Å². The van der Waals surface area contributed by atoms with E-state index in [-0.39, 0.29) is 0 Å². The van der Waals surface area contributed by atoms with Crippen LogP contribution in [-0.4, -0.2) is 23.2 Å². The van der Waals surface area contributed by atoms with Crippen molar-refractivity contribution in [1.82, 2.24) is 9.97 Å². The Labute approximate surface area is 375 Å². The molecule has 9 aromatic carbocycles. The zero-order valence-corrected chi connectivity index (χ0v) is 37.0. The van der Waals surface area contributed by atoms with E-state index in [1.165, 1.54) is 56.9 Å². The molecule has 0 amide bonds. The van der Waals surface area contributed by atoms with Crippen LogP contribution < -0.4 is 27.4 Å². The van der Waals surface area contributed by atoms with Crippen molar-refractivity contribution >= 4 is 65.1 Å². The van der Waals surface area contributed by atoms with Gasteiger partial charge in [-0.1, -0.05) is 12.1 Å². The first-order valence-corrected chi connectivity index (χ1v) is 26.2. The summed E-state index contributed by atoms with van der Waals surface area (Å²) < 4.78 is 5.82. The Morgan fingerprint density at radius 1 is 0.328 bits per heavy atom. The number of para-hydroxylation sites is 5. The molecule has 0 saturated heterocycles. The van der Waals surface area contributed by atoms with Crippen molar-refractivity contribution in [3.8, 4) is 22.6 Å². The van der Waals surface area contributed by atoms with Gasteiger partial charge in [-0.05, 0) is 0 Å². The van der Waals surface area contributed by atoms with Gasteiger partial charge in [0.1, 0.15) is 0 Å². The van der Waals surface area contributed by atoms with Crippen molar-refractivity contribution in [2.24, 2.45) is 0 Å². The maximum absolute atomic E-state index is 5.44. The van der Waals surface area contributed by atoms with Gasteiger partial charge in [-0.25, -0.2) is 0 Å². The van der Waals surface area contributed by atoms with E-state index in [2.05, 4.69) is 246 Å². The molecule has 0 unspecified atom stereocenters. The van der Waals surface area contributed by atoms with E-state index >= 15 is 0 Å². The second-order valence-corrected chi connectivity index (χ2v) is 24.5. The molecule has 1 aromatic heterocycles. The SMILES string of the molecule is c1ccc(-c2cc(N3c4ccccc4C4(c5ccccc53)c3cccc[c]3[Ge]3([c]5ccccc5N(c5ccccc5)c5cccc[c]53)[c]3ccccc34)nc(-c3ccccc3)n2)cc1. The zero-order chi connectivity index (χ0) is 42.2. The Morgan fingerprint density at radius 2 is 0.734 bits per heavy atom. The van der Waals surface area contributed by atoms with Gasteiger partial charge in [0.25, 0.3) is 0 Å². The number of hydrogen-bond donors (Lipinski definition) is 0. The molecule has 0 N–H and O–H groups in total. The fourth-order valence-corrected chi connectivity index (χ4v) is 23.2. The molecule has 3 aliphatic heterocycles. The van der Waals surface area contributed by atoms with Crippen LogP contribution in [0.4, 0.5) is 34.3 Å². The van der Waals surface area contributed by atoms with Crippen LogP contribution in [0.25, 0.3) is 22.6 Å². The molecular weight excluding hydrogens is 837 g/mol. The molecule has 4 nitrogen and oxygen atoms in total. The van der Waals surface area contributed by atoms with Gasteiger partial charge in [-0.15, -0.1) is 0 Å². The summed E-state index contributed by atoms with van der Waals surface area (Å²) in [6.07, 6.45) is 0. The fourth-order valence-electron chi connectivity index (χ4n) is 11.3. The normalized spacial score (nSPS) is 14.4. The van der Waals surface area contributed by atoms with Crippen molar-refractivity contribution < 1.29 is 0 Å². The summed E-state index contributed by atoms with van der Waals surface area (Å²) in [6.45, 7) is 0. The van der Waals surface area contributed by atoms with Crippen molar-refractivity contribution in [2.45, 2.75) is 5.41 Å². The summed E-state index contributed by atoms with van der Waals surface area (Å²) in [6, 6.07) is 89.5. The van der Waals surface area contributed by atoms with Crippen molar-refractivity contribution in [2.75, 3.05) is 9.80 Å².